The molecule has 25 heavy (non-hydrogen) atoms. The standard InChI is InChI=1S/C21H32O4/c22-10-8-14-5-7-16-15-6-4-13-3-1-2-9-20(13,12-23)18(15)17-11-21(14,16)19(24)25-17/h4,14-19,22-24H,1-3,5-12H2/t14-,15+,16+,17?,18-,19?,20-,21+/m1/s1. The third-order valence-electron chi connectivity index (χ3n) is 8.97. The van der Waals surface area contributed by atoms with Crippen LogP contribution in [0.3, 0.4) is 0 Å². The van der Waals surface area contributed by atoms with Gasteiger partial charge in [0.25, 0.3) is 0 Å². The number of aliphatic hydroxyl groups excluding tert-OH is 3. The average Bonchev–Trinajstić information content (AvgIpc) is 3.14. The van der Waals surface area contributed by atoms with Gasteiger partial charge in [0.1, 0.15) is 0 Å². The summed E-state index contributed by atoms with van der Waals surface area (Å²) in [6.07, 6.45) is 11.5. The van der Waals surface area contributed by atoms with Crippen molar-refractivity contribution in [2.75, 3.05) is 13.2 Å². The third kappa shape index (κ3) is 1.97. The molecule has 5 rings (SSSR count). The summed E-state index contributed by atoms with van der Waals surface area (Å²) < 4.78 is 6.25. The predicted octanol–water partition coefficient (Wildman–Crippen LogP) is 2.62. The van der Waals surface area contributed by atoms with E-state index in [2.05, 4.69) is 6.08 Å². The highest BCUT2D eigenvalue weighted by Gasteiger charge is 2.70. The Labute approximate surface area is 150 Å². The zero-order chi connectivity index (χ0) is 17.2. The lowest BCUT2D eigenvalue weighted by Crippen LogP contribution is -2.56. The van der Waals surface area contributed by atoms with Crippen LogP contribution < -0.4 is 0 Å². The van der Waals surface area contributed by atoms with Crippen molar-refractivity contribution >= 4 is 0 Å². The quantitative estimate of drug-likeness (QED) is 0.686. The van der Waals surface area contributed by atoms with E-state index in [0.717, 1.165) is 44.9 Å². The summed E-state index contributed by atoms with van der Waals surface area (Å²) in [5.41, 5.74) is 1.23. The lowest BCUT2D eigenvalue weighted by Gasteiger charge is -2.57. The predicted molar refractivity (Wildman–Crippen MR) is 93.5 cm³/mol. The van der Waals surface area contributed by atoms with E-state index in [1.165, 1.54) is 18.4 Å². The second kappa shape index (κ2) is 5.79. The first-order valence-corrected chi connectivity index (χ1v) is 10.4. The molecule has 1 aliphatic heterocycles. The average molecular weight is 348 g/mol. The normalized spacial score (nSPS) is 53.8. The Bertz CT molecular complexity index is 574. The topological polar surface area (TPSA) is 69.9 Å². The summed E-state index contributed by atoms with van der Waals surface area (Å²) in [5, 5.41) is 31.0. The molecule has 0 aromatic rings. The van der Waals surface area contributed by atoms with Crippen LogP contribution in [0.5, 0.6) is 0 Å². The van der Waals surface area contributed by atoms with Crippen LogP contribution in [-0.4, -0.2) is 40.9 Å². The third-order valence-corrected chi connectivity index (χ3v) is 8.97. The molecule has 0 aromatic heterocycles. The minimum atomic E-state index is -0.685. The van der Waals surface area contributed by atoms with Crippen molar-refractivity contribution < 1.29 is 20.1 Å². The minimum Gasteiger partial charge on any atom is -0.396 e. The molecule has 140 valence electrons. The van der Waals surface area contributed by atoms with Crippen LogP contribution in [0.25, 0.3) is 0 Å². The molecule has 1 heterocycles. The van der Waals surface area contributed by atoms with E-state index in [-0.39, 0.29) is 30.1 Å². The molecule has 1 saturated heterocycles. The van der Waals surface area contributed by atoms with Crippen LogP contribution >= 0.6 is 0 Å². The van der Waals surface area contributed by atoms with E-state index < -0.39 is 6.29 Å². The van der Waals surface area contributed by atoms with Crippen LogP contribution in [-0.2, 0) is 4.74 Å². The van der Waals surface area contributed by atoms with Gasteiger partial charge in [-0.2, -0.15) is 0 Å². The molecule has 8 atom stereocenters. The highest BCUT2D eigenvalue weighted by Crippen LogP contribution is 2.71. The summed E-state index contributed by atoms with van der Waals surface area (Å²) in [5.74, 6) is 1.74. The number of allylic oxidation sites excluding steroid dienone is 1. The monoisotopic (exact) mass is 348 g/mol. The summed E-state index contributed by atoms with van der Waals surface area (Å²) >= 11 is 0. The zero-order valence-corrected chi connectivity index (χ0v) is 15.1. The van der Waals surface area contributed by atoms with Gasteiger partial charge in [-0.05, 0) is 69.1 Å². The lowest BCUT2D eigenvalue weighted by molar-refractivity contribution is -0.153. The molecule has 4 heteroatoms. The van der Waals surface area contributed by atoms with Gasteiger partial charge in [0.15, 0.2) is 6.29 Å². The van der Waals surface area contributed by atoms with Gasteiger partial charge in [-0.25, -0.2) is 0 Å². The maximum Gasteiger partial charge on any atom is 0.161 e. The molecule has 1 spiro atoms. The van der Waals surface area contributed by atoms with Gasteiger partial charge in [-0.15, -0.1) is 0 Å². The summed E-state index contributed by atoms with van der Waals surface area (Å²) in [6.45, 7) is 0.436. The smallest absolute Gasteiger partial charge is 0.161 e. The summed E-state index contributed by atoms with van der Waals surface area (Å²) in [4.78, 5) is 0. The maximum atomic E-state index is 11.0. The molecule has 3 saturated carbocycles. The SMILES string of the molecule is OCC[C@H]1CC[C@H]2[C@@H]3CC=C4CCCC[C@]4(CO)[C@H]3C3C[C@]12C(O)O3. The molecular weight excluding hydrogens is 316 g/mol. The van der Waals surface area contributed by atoms with Crippen molar-refractivity contribution in [3.8, 4) is 0 Å². The Morgan fingerprint density at radius 1 is 1.20 bits per heavy atom. The Kier molecular flexibility index (Phi) is 3.87. The first-order chi connectivity index (χ1) is 12.2. The Balaban J connectivity index is 1.58. The van der Waals surface area contributed by atoms with Crippen LogP contribution in [0.2, 0.25) is 0 Å². The largest absolute Gasteiger partial charge is 0.396 e. The second-order valence-corrected chi connectivity index (χ2v) is 9.41. The fraction of sp³-hybridized carbons (Fsp3) is 0.905. The van der Waals surface area contributed by atoms with Crippen LogP contribution in [0.15, 0.2) is 11.6 Å². The number of hydrogen-bond donors (Lipinski definition) is 3. The molecule has 0 aromatic carbocycles. The van der Waals surface area contributed by atoms with Gasteiger partial charge in [0, 0.05) is 23.4 Å². The van der Waals surface area contributed by atoms with Gasteiger partial charge < -0.3 is 20.1 Å². The Morgan fingerprint density at radius 2 is 2.08 bits per heavy atom. The van der Waals surface area contributed by atoms with Crippen LogP contribution in [0.4, 0.5) is 0 Å². The van der Waals surface area contributed by atoms with E-state index in [1.54, 1.807) is 0 Å². The number of aliphatic hydroxyl groups is 3. The van der Waals surface area contributed by atoms with Gasteiger partial charge >= 0.3 is 0 Å². The highest BCUT2D eigenvalue weighted by molar-refractivity contribution is 5.28. The van der Waals surface area contributed by atoms with E-state index in [4.69, 9.17) is 4.74 Å². The molecule has 5 aliphatic rings. The fourth-order valence-electron chi connectivity index (χ4n) is 8.12. The van der Waals surface area contributed by atoms with Crippen molar-refractivity contribution in [3.05, 3.63) is 11.6 Å². The van der Waals surface area contributed by atoms with E-state index >= 15 is 0 Å². The molecule has 4 nitrogen and oxygen atoms in total. The molecule has 2 bridgehead atoms. The van der Waals surface area contributed by atoms with Crippen molar-refractivity contribution in [1.82, 2.24) is 0 Å². The van der Waals surface area contributed by atoms with Crippen molar-refractivity contribution in [3.63, 3.8) is 0 Å². The minimum absolute atomic E-state index is 0.0736. The number of hydrogen-bond acceptors (Lipinski definition) is 4. The van der Waals surface area contributed by atoms with E-state index in [0.29, 0.717) is 23.7 Å². The van der Waals surface area contributed by atoms with Gasteiger partial charge in [-0.3, -0.25) is 0 Å². The number of ether oxygens (including phenoxy) is 1. The summed E-state index contributed by atoms with van der Waals surface area (Å²) in [6, 6.07) is 0. The first kappa shape index (κ1) is 16.7. The second-order valence-electron chi connectivity index (χ2n) is 9.41. The molecule has 3 N–H and O–H groups in total. The summed E-state index contributed by atoms with van der Waals surface area (Å²) in [7, 11) is 0. The van der Waals surface area contributed by atoms with Crippen molar-refractivity contribution in [1.29, 1.82) is 0 Å². The highest BCUT2D eigenvalue weighted by atomic mass is 16.6. The Hall–Kier alpha value is -0.420. The zero-order valence-electron chi connectivity index (χ0n) is 15.1. The number of rotatable bonds is 3. The molecule has 0 amide bonds. The molecule has 0 radical (unpaired) electrons. The Morgan fingerprint density at radius 3 is 2.88 bits per heavy atom. The van der Waals surface area contributed by atoms with Crippen LogP contribution in [0, 0.1) is 34.5 Å². The van der Waals surface area contributed by atoms with Crippen molar-refractivity contribution in [2.24, 2.45) is 34.5 Å². The molecular formula is C21H32O4. The maximum absolute atomic E-state index is 11.0. The van der Waals surface area contributed by atoms with Gasteiger partial charge in [0.05, 0.1) is 12.7 Å². The first-order valence-electron chi connectivity index (χ1n) is 10.4. The fourth-order valence-corrected chi connectivity index (χ4v) is 8.12. The van der Waals surface area contributed by atoms with Gasteiger partial charge in [0.2, 0.25) is 0 Å². The van der Waals surface area contributed by atoms with E-state index in [9.17, 15) is 15.3 Å². The molecule has 4 aliphatic carbocycles. The van der Waals surface area contributed by atoms with Crippen LogP contribution in [0.1, 0.15) is 57.8 Å². The van der Waals surface area contributed by atoms with E-state index in [1.807, 2.05) is 0 Å². The molecule has 2 unspecified atom stereocenters. The number of fused-ring (bicyclic) bond motifs is 6. The van der Waals surface area contributed by atoms with Gasteiger partial charge in [-0.1, -0.05) is 18.1 Å². The lowest BCUT2D eigenvalue weighted by atomic mass is 9.46. The molecule has 4 fully saturated rings. The van der Waals surface area contributed by atoms with Crippen molar-refractivity contribution in [2.45, 2.75) is 70.2 Å².